The lowest BCUT2D eigenvalue weighted by Gasteiger charge is -2.15. The molecule has 0 fully saturated rings. The fourth-order valence-corrected chi connectivity index (χ4v) is 2.06. The van der Waals surface area contributed by atoms with Crippen LogP contribution in [0.25, 0.3) is 0 Å². The molecule has 5 heteroatoms. The molecule has 0 amide bonds. The summed E-state index contributed by atoms with van der Waals surface area (Å²) in [4.78, 5) is 4.12. The molecule has 2 heterocycles. The number of nitrogens with two attached hydrogens (primary N) is 1. The Morgan fingerprint density at radius 2 is 2.25 bits per heavy atom. The quantitative estimate of drug-likeness (QED) is 0.852. The van der Waals surface area contributed by atoms with Gasteiger partial charge in [-0.25, -0.2) is 4.98 Å². The molecule has 86 valence electrons. The molecule has 2 aromatic rings. The number of aromatic nitrogens is 3. The minimum absolute atomic E-state index is 0.146. The number of hydrogen-bond donors (Lipinski definition) is 1. The number of imidazole rings is 1. The maximum atomic E-state index is 5.66. The van der Waals surface area contributed by atoms with Gasteiger partial charge < -0.3 is 14.8 Å². The standard InChI is InChI=1S/C11H16N4O/c1-7-11(9(3)16-14-7)8(2)15-6-13-5-10(15)4-12/h5-6,8H,4,12H2,1-3H3. The van der Waals surface area contributed by atoms with E-state index in [-0.39, 0.29) is 6.04 Å². The van der Waals surface area contributed by atoms with Gasteiger partial charge in [0.05, 0.1) is 23.8 Å². The highest BCUT2D eigenvalue weighted by Crippen LogP contribution is 2.25. The van der Waals surface area contributed by atoms with Crippen molar-refractivity contribution in [2.75, 3.05) is 0 Å². The number of aryl methyl sites for hydroxylation is 2. The van der Waals surface area contributed by atoms with E-state index in [0.29, 0.717) is 6.54 Å². The Kier molecular flexibility index (Phi) is 2.78. The highest BCUT2D eigenvalue weighted by Gasteiger charge is 2.19. The molecule has 2 rings (SSSR count). The third kappa shape index (κ3) is 1.63. The van der Waals surface area contributed by atoms with Gasteiger partial charge in [-0.3, -0.25) is 0 Å². The van der Waals surface area contributed by atoms with Gasteiger partial charge in [0.15, 0.2) is 0 Å². The van der Waals surface area contributed by atoms with Crippen molar-refractivity contribution in [1.29, 1.82) is 0 Å². The van der Waals surface area contributed by atoms with Gasteiger partial charge in [-0.15, -0.1) is 0 Å². The summed E-state index contributed by atoms with van der Waals surface area (Å²) < 4.78 is 7.22. The first-order valence-electron chi connectivity index (χ1n) is 5.28. The minimum Gasteiger partial charge on any atom is -0.361 e. The minimum atomic E-state index is 0.146. The molecule has 0 aliphatic heterocycles. The van der Waals surface area contributed by atoms with Crippen molar-refractivity contribution in [3.63, 3.8) is 0 Å². The van der Waals surface area contributed by atoms with Gasteiger partial charge in [-0.2, -0.15) is 0 Å². The number of rotatable bonds is 3. The van der Waals surface area contributed by atoms with E-state index >= 15 is 0 Å². The number of hydrogen-bond acceptors (Lipinski definition) is 4. The van der Waals surface area contributed by atoms with Crippen LogP contribution in [-0.2, 0) is 6.54 Å². The first-order valence-corrected chi connectivity index (χ1v) is 5.28. The van der Waals surface area contributed by atoms with Crippen LogP contribution in [0.4, 0.5) is 0 Å². The molecule has 2 N–H and O–H groups in total. The molecule has 0 saturated carbocycles. The van der Waals surface area contributed by atoms with Crippen LogP contribution in [0.2, 0.25) is 0 Å². The van der Waals surface area contributed by atoms with E-state index in [2.05, 4.69) is 17.1 Å². The maximum absolute atomic E-state index is 5.66. The first kappa shape index (κ1) is 10.9. The fraction of sp³-hybridized carbons (Fsp3) is 0.455. The molecule has 16 heavy (non-hydrogen) atoms. The van der Waals surface area contributed by atoms with Crippen molar-refractivity contribution < 1.29 is 4.52 Å². The second-order valence-corrected chi connectivity index (χ2v) is 3.91. The zero-order valence-electron chi connectivity index (χ0n) is 9.77. The number of nitrogens with zero attached hydrogens (tertiary/aromatic N) is 3. The molecule has 5 nitrogen and oxygen atoms in total. The normalized spacial score (nSPS) is 13.0. The van der Waals surface area contributed by atoms with Crippen LogP contribution in [0.15, 0.2) is 17.0 Å². The van der Waals surface area contributed by atoms with Crippen LogP contribution in [0.1, 0.15) is 35.7 Å². The lowest BCUT2D eigenvalue weighted by atomic mass is 10.1. The Hall–Kier alpha value is -1.62. The third-order valence-electron chi connectivity index (χ3n) is 2.88. The molecule has 0 aliphatic carbocycles. The Bertz CT molecular complexity index is 466. The zero-order chi connectivity index (χ0) is 11.7. The van der Waals surface area contributed by atoms with Gasteiger partial charge in [0, 0.05) is 18.3 Å². The molecule has 0 aromatic carbocycles. The van der Waals surface area contributed by atoms with Crippen LogP contribution >= 0.6 is 0 Å². The van der Waals surface area contributed by atoms with E-state index in [9.17, 15) is 0 Å². The second-order valence-electron chi connectivity index (χ2n) is 3.91. The summed E-state index contributed by atoms with van der Waals surface area (Å²) in [7, 11) is 0. The predicted molar refractivity (Wildman–Crippen MR) is 59.9 cm³/mol. The SMILES string of the molecule is Cc1noc(C)c1C(C)n1cncc1CN. The largest absolute Gasteiger partial charge is 0.361 e. The second kappa shape index (κ2) is 4.09. The first-order chi connectivity index (χ1) is 7.65. The molecule has 2 aromatic heterocycles. The molecule has 0 spiro atoms. The van der Waals surface area contributed by atoms with Gasteiger partial charge in [-0.1, -0.05) is 5.16 Å². The van der Waals surface area contributed by atoms with Crippen molar-refractivity contribution in [1.82, 2.24) is 14.7 Å². The van der Waals surface area contributed by atoms with Crippen LogP contribution in [0, 0.1) is 13.8 Å². The fourth-order valence-electron chi connectivity index (χ4n) is 2.06. The van der Waals surface area contributed by atoms with E-state index in [1.54, 1.807) is 12.5 Å². The Morgan fingerprint density at radius 3 is 2.81 bits per heavy atom. The van der Waals surface area contributed by atoms with Crippen molar-refractivity contribution >= 4 is 0 Å². The van der Waals surface area contributed by atoms with E-state index in [1.807, 2.05) is 18.4 Å². The van der Waals surface area contributed by atoms with Gasteiger partial charge >= 0.3 is 0 Å². The smallest absolute Gasteiger partial charge is 0.139 e. The van der Waals surface area contributed by atoms with Gasteiger partial charge in [-0.05, 0) is 20.8 Å². The lowest BCUT2D eigenvalue weighted by molar-refractivity contribution is 0.391. The molecule has 0 radical (unpaired) electrons. The lowest BCUT2D eigenvalue weighted by Crippen LogP contribution is -2.13. The average molecular weight is 220 g/mol. The van der Waals surface area contributed by atoms with E-state index in [0.717, 1.165) is 22.7 Å². The van der Waals surface area contributed by atoms with Crippen LogP contribution in [0.5, 0.6) is 0 Å². The third-order valence-corrected chi connectivity index (χ3v) is 2.88. The zero-order valence-corrected chi connectivity index (χ0v) is 9.77. The molecule has 1 atom stereocenters. The summed E-state index contributed by atoms with van der Waals surface area (Å²) >= 11 is 0. The molecular weight excluding hydrogens is 204 g/mol. The highest BCUT2D eigenvalue weighted by atomic mass is 16.5. The molecular formula is C11H16N4O. The summed E-state index contributed by atoms with van der Waals surface area (Å²) in [5, 5.41) is 3.96. The molecule has 0 bridgehead atoms. The maximum Gasteiger partial charge on any atom is 0.139 e. The average Bonchev–Trinajstić information content (AvgIpc) is 2.85. The molecule has 0 saturated heterocycles. The Labute approximate surface area is 94.3 Å². The van der Waals surface area contributed by atoms with Gasteiger partial charge in [0.2, 0.25) is 0 Å². The van der Waals surface area contributed by atoms with Crippen molar-refractivity contribution in [3.05, 3.63) is 35.2 Å². The summed E-state index contributed by atoms with van der Waals surface area (Å²) in [6.07, 6.45) is 3.58. The molecule has 1 unspecified atom stereocenters. The van der Waals surface area contributed by atoms with E-state index in [1.165, 1.54) is 0 Å². The van der Waals surface area contributed by atoms with Crippen molar-refractivity contribution in [3.8, 4) is 0 Å². The van der Waals surface area contributed by atoms with E-state index in [4.69, 9.17) is 10.3 Å². The predicted octanol–water partition coefficient (Wildman–Crippen LogP) is 1.56. The molecule has 0 aliphatic rings. The van der Waals surface area contributed by atoms with Crippen molar-refractivity contribution in [2.45, 2.75) is 33.4 Å². The van der Waals surface area contributed by atoms with Gasteiger partial charge in [0.25, 0.3) is 0 Å². The summed E-state index contributed by atoms with van der Waals surface area (Å²) in [5.41, 5.74) is 8.69. The van der Waals surface area contributed by atoms with Crippen molar-refractivity contribution in [2.24, 2.45) is 5.73 Å². The Morgan fingerprint density at radius 1 is 1.50 bits per heavy atom. The Balaban J connectivity index is 2.43. The highest BCUT2D eigenvalue weighted by molar-refractivity contribution is 5.26. The summed E-state index contributed by atoms with van der Waals surface area (Å²) in [6.45, 7) is 6.44. The monoisotopic (exact) mass is 220 g/mol. The van der Waals surface area contributed by atoms with Crippen LogP contribution in [0.3, 0.4) is 0 Å². The van der Waals surface area contributed by atoms with E-state index < -0.39 is 0 Å². The topological polar surface area (TPSA) is 69.9 Å². The summed E-state index contributed by atoms with van der Waals surface area (Å²) in [5.74, 6) is 0.849. The summed E-state index contributed by atoms with van der Waals surface area (Å²) in [6, 6.07) is 0.146. The van der Waals surface area contributed by atoms with Crippen LogP contribution in [-0.4, -0.2) is 14.7 Å². The van der Waals surface area contributed by atoms with Gasteiger partial charge in [0.1, 0.15) is 5.76 Å². The van der Waals surface area contributed by atoms with Crippen LogP contribution < -0.4 is 5.73 Å².